The van der Waals surface area contributed by atoms with Crippen LogP contribution in [-0.4, -0.2) is 10.1 Å². The number of alkyl halides is 3. The normalized spacial score (nSPS) is 17.5. The van der Waals surface area contributed by atoms with Gasteiger partial charge in [-0.1, -0.05) is 12.1 Å². The van der Waals surface area contributed by atoms with Crippen LogP contribution in [0, 0.1) is 0 Å². The number of nitrogens with two attached hydrogens (primary N) is 1. The molecule has 7 heteroatoms. The maximum atomic E-state index is 12.8. The zero-order chi connectivity index (χ0) is 15.9. The summed E-state index contributed by atoms with van der Waals surface area (Å²) in [7, 11) is 0. The average Bonchev–Trinajstić information content (AvgIpc) is 2.92. The van der Waals surface area contributed by atoms with E-state index in [4.69, 9.17) is 10.5 Å². The number of hydrogen-bond donors (Lipinski definition) is 2. The van der Waals surface area contributed by atoms with Gasteiger partial charge in [-0.2, -0.15) is 13.2 Å². The summed E-state index contributed by atoms with van der Waals surface area (Å²) >= 11 is 0. The topological polar surface area (TPSA) is 68.4 Å². The van der Waals surface area contributed by atoms with E-state index in [-0.39, 0.29) is 18.9 Å². The molecule has 3 N–H and O–H groups in total. The minimum absolute atomic E-state index is 0.0361. The number of fused-ring (bicyclic) bond motifs is 1. The molecule has 0 saturated heterocycles. The first-order chi connectivity index (χ1) is 10.4. The average molecular weight is 310 g/mol. The summed E-state index contributed by atoms with van der Waals surface area (Å²) in [6.07, 6.45) is -3.66. The Kier molecular flexibility index (Phi) is 3.54. The van der Waals surface area contributed by atoms with E-state index in [2.05, 4.69) is 4.98 Å². The standard InChI is InChI=1S/C15H13F3N2O2/c16-15(17,18)10-3-1-2-8(4-10)14-12-9(7-22-14)6-20-11(5-19)13(12)21/h1-4,6,14,21H,5,7,19H2. The van der Waals surface area contributed by atoms with Crippen LogP contribution in [0.3, 0.4) is 0 Å². The Hall–Kier alpha value is -2.12. The fraction of sp³-hybridized carbons (Fsp3) is 0.267. The molecule has 3 rings (SSSR count). The number of pyridine rings is 1. The Labute approximate surface area is 124 Å². The highest BCUT2D eigenvalue weighted by atomic mass is 19.4. The van der Waals surface area contributed by atoms with E-state index in [0.29, 0.717) is 22.4 Å². The van der Waals surface area contributed by atoms with Crippen LogP contribution in [0.2, 0.25) is 0 Å². The highest BCUT2D eigenvalue weighted by Gasteiger charge is 2.34. The third-order valence-electron chi connectivity index (χ3n) is 3.63. The molecular formula is C15H13F3N2O2. The van der Waals surface area contributed by atoms with Gasteiger partial charge in [-0.25, -0.2) is 0 Å². The van der Waals surface area contributed by atoms with Crippen molar-refractivity contribution >= 4 is 0 Å². The van der Waals surface area contributed by atoms with Crippen LogP contribution in [0.5, 0.6) is 5.75 Å². The molecule has 116 valence electrons. The highest BCUT2D eigenvalue weighted by Crippen LogP contribution is 2.42. The molecule has 0 amide bonds. The maximum Gasteiger partial charge on any atom is 0.416 e. The molecule has 22 heavy (non-hydrogen) atoms. The Balaban J connectivity index is 2.07. The molecule has 0 bridgehead atoms. The van der Waals surface area contributed by atoms with Gasteiger partial charge in [0.05, 0.1) is 17.9 Å². The lowest BCUT2D eigenvalue weighted by Gasteiger charge is -2.16. The fourth-order valence-corrected chi connectivity index (χ4v) is 2.55. The molecular weight excluding hydrogens is 297 g/mol. The van der Waals surface area contributed by atoms with Crippen molar-refractivity contribution in [2.24, 2.45) is 5.73 Å². The smallest absolute Gasteiger partial charge is 0.416 e. The molecule has 1 aliphatic rings. The number of nitrogens with zero attached hydrogens (tertiary/aromatic N) is 1. The molecule has 0 saturated carbocycles. The van der Waals surface area contributed by atoms with Crippen molar-refractivity contribution in [2.75, 3.05) is 0 Å². The first-order valence-electron chi connectivity index (χ1n) is 6.60. The van der Waals surface area contributed by atoms with Crippen molar-refractivity contribution in [1.29, 1.82) is 0 Å². The second kappa shape index (κ2) is 5.26. The summed E-state index contributed by atoms with van der Waals surface area (Å²) in [5.74, 6) is -0.111. The summed E-state index contributed by atoms with van der Waals surface area (Å²) in [6, 6.07) is 4.89. The predicted molar refractivity (Wildman–Crippen MR) is 71.9 cm³/mol. The van der Waals surface area contributed by atoms with Gasteiger partial charge in [0, 0.05) is 23.9 Å². The minimum Gasteiger partial charge on any atom is -0.506 e. The van der Waals surface area contributed by atoms with Gasteiger partial charge in [0.2, 0.25) is 0 Å². The lowest BCUT2D eigenvalue weighted by Crippen LogP contribution is -2.08. The molecule has 1 unspecified atom stereocenters. The Morgan fingerprint density at radius 2 is 2.14 bits per heavy atom. The van der Waals surface area contributed by atoms with Crippen LogP contribution in [0.1, 0.15) is 34.1 Å². The number of rotatable bonds is 2. The fourth-order valence-electron chi connectivity index (χ4n) is 2.55. The van der Waals surface area contributed by atoms with Crippen molar-refractivity contribution in [3.05, 3.63) is 58.4 Å². The summed E-state index contributed by atoms with van der Waals surface area (Å²) < 4.78 is 44.0. The van der Waals surface area contributed by atoms with Crippen molar-refractivity contribution in [2.45, 2.75) is 25.4 Å². The van der Waals surface area contributed by atoms with Crippen molar-refractivity contribution in [3.63, 3.8) is 0 Å². The number of ether oxygens (including phenoxy) is 1. The van der Waals surface area contributed by atoms with Gasteiger partial charge in [-0.05, 0) is 17.7 Å². The van der Waals surface area contributed by atoms with Crippen LogP contribution < -0.4 is 5.73 Å². The Morgan fingerprint density at radius 3 is 2.82 bits per heavy atom. The van der Waals surface area contributed by atoms with Gasteiger partial charge >= 0.3 is 6.18 Å². The van der Waals surface area contributed by atoms with Crippen LogP contribution >= 0.6 is 0 Å². The third-order valence-corrected chi connectivity index (χ3v) is 3.63. The lowest BCUT2D eigenvalue weighted by molar-refractivity contribution is -0.137. The van der Waals surface area contributed by atoms with E-state index in [9.17, 15) is 18.3 Å². The maximum absolute atomic E-state index is 12.8. The predicted octanol–water partition coefficient (Wildman–Crippen LogP) is 2.88. The molecule has 2 heterocycles. The highest BCUT2D eigenvalue weighted by molar-refractivity contribution is 5.49. The number of aromatic nitrogens is 1. The van der Waals surface area contributed by atoms with Gasteiger partial charge in [0.1, 0.15) is 11.9 Å². The zero-order valence-corrected chi connectivity index (χ0v) is 11.4. The van der Waals surface area contributed by atoms with Gasteiger partial charge in [-0.3, -0.25) is 4.98 Å². The van der Waals surface area contributed by atoms with E-state index >= 15 is 0 Å². The van der Waals surface area contributed by atoms with Gasteiger partial charge in [-0.15, -0.1) is 0 Å². The van der Waals surface area contributed by atoms with E-state index in [1.807, 2.05) is 0 Å². The molecule has 0 radical (unpaired) electrons. The molecule has 4 nitrogen and oxygen atoms in total. The Morgan fingerprint density at radius 1 is 1.36 bits per heavy atom. The van der Waals surface area contributed by atoms with Crippen molar-refractivity contribution in [3.8, 4) is 5.75 Å². The molecule has 1 aromatic heterocycles. The Bertz CT molecular complexity index is 716. The monoisotopic (exact) mass is 310 g/mol. The second-order valence-electron chi connectivity index (χ2n) is 5.01. The van der Waals surface area contributed by atoms with Crippen LogP contribution in [-0.2, 0) is 24.1 Å². The number of benzene rings is 1. The first-order valence-corrected chi connectivity index (χ1v) is 6.60. The van der Waals surface area contributed by atoms with Crippen LogP contribution in [0.4, 0.5) is 13.2 Å². The molecule has 1 atom stereocenters. The van der Waals surface area contributed by atoms with Crippen LogP contribution in [0.25, 0.3) is 0 Å². The quantitative estimate of drug-likeness (QED) is 0.895. The first kappa shape index (κ1) is 14.8. The van der Waals surface area contributed by atoms with Crippen LogP contribution in [0.15, 0.2) is 30.5 Å². The third kappa shape index (κ3) is 2.42. The number of aromatic hydroxyl groups is 1. The summed E-state index contributed by atoms with van der Waals surface area (Å²) in [6.45, 7) is 0.218. The largest absolute Gasteiger partial charge is 0.506 e. The molecule has 0 aliphatic carbocycles. The number of hydrogen-bond acceptors (Lipinski definition) is 4. The second-order valence-corrected chi connectivity index (χ2v) is 5.01. The van der Waals surface area contributed by atoms with Gasteiger partial charge in [0.15, 0.2) is 0 Å². The van der Waals surface area contributed by atoms with Crippen molar-refractivity contribution in [1.82, 2.24) is 4.98 Å². The van der Waals surface area contributed by atoms with Crippen molar-refractivity contribution < 1.29 is 23.0 Å². The van der Waals surface area contributed by atoms with E-state index in [1.165, 1.54) is 18.3 Å². The molecule has 2 aromatic rings. The molecule has 1 aromatic carbocycles. The zero-order valence-electron chi connectivity index (χ0n) is 11.4. The van der Waals surface area contributed by atoms with E-state index < -0.39 is 17.8 Å². The van der Waals surface area contributed by atoms with E-state index in [0.717, 1.165) is 12.1 Å². The SMILES string of the molecule is NCc1ncc2c(c1O)C(c1cccc(C(F)(F)F)c1)OC2. The summed E-state index contributed by atoms with van der Waals surface area (Å²) in [5.41, 5.74) is 6.46. The molecule has 0 fully saturated rings. The summed E-state index contributed by atoms with van der Waals surface area (Å²) in [4.78, 5) is 4.02. The molecule has 0 spiro atoms. The minimum atomic E-state index is -4.43. The summed E-state index contributed by atoms with van der Waals surface area (Å²) in [5, 5.41) is 10.2. The van der Waals surface area contributed by atoms with Gasteiger partial charge in [0.25, 0.3) is 0 Å². The van der Waals surface area contributed by atoms with E-state index in [1.54, 1.807) is 0 Å². The molecule has 1 aliphatic heterocycles. The number of halogens is 3. The van der Waals surface area contributed by atoms with Gasteiger partial charge < -0.3 is 15.6 Å². The lowest BCUT2D eigenvalue weighted by atomic mass is 9.97.